The van der Waals surface area contributed by atoms with Crippen molar-refractivity contribution in [2.24, 2.45) is 5.73 Å². The number of hydrogen-bond donors (Lipinski definition) is 1. The van der Waals surface area contributed by atoms with Crippen LogP contribution in [0.25, 0.3) is 6.08 Å². The van der Waals surface area contributed by atoms with Gasteiger partial charge in [0.05, 0.1) is 0 Å². The van der Waals surface area contributed by atoms with E-state index in [9.17, 15) is 4.79 Å². The van der Waals surface area contributed by atoms with Crippen LogP contribution in [-0.2, 0) is 4.79 Å². The normalized spacial score (nSPS) is 10.6. The van der Waals surface area contributed by atoms with Gasteiger partial charge in [-0.25, -0.2) is 0 Å². The van der Waals surface area contributed by atoms with E-state index in [1.54, 1.807) is 6.08 Å². The Morgan fingerprint density at radius 2 is 2.08 bits per heavy atom. The van der Waals surface area contributed by atoms with Gasteiger partial charge in [-0.2, -0.15) is 0 Å². The first kappa shape index (κ1) is 10.5. The Kier molecular flexibility index (Phi) is 3.69. The van der Waals surface area contributed by atoms with Crippen LogP contribution in [0.15, 0.2) is 33.2 Å². The SMILES string of the molecule is NC(=O)/C=C/c1cc(Br)ccc1Br. The highest BCUT2D eigenvalue weighted by Crippen LogP contribution is 2.22. The molecule has 1 amide bonds. The maximum Gasteiger partial charge on any atom is 0.241 e. The summed E-state index contributed by atoms with van der Waals surface area (Å²) >= 11 is 6.69. The monoisotopic (exact) mass is 303 g/mol. The standard InChI is InChI=1S/C9H7Br2NO/c10-7-2-3-8(11)6(5-7)1-4-9(12)13/h1-5H,(H2,12,13)/b4-1+. The van der Waals surface area contributed by atoms with Gasteiger partial charge in [0.25, 0.3) is 0 Å². The van der Waals surface area contributed by atoms with E-state index in [4.69, 9.17) is 5.73 Å². The summed E-state index contributed by atoms with van der Waals surface area (Å²) in [5.74, 6) is -0.452. The van der Waals surface area contributed by atoms with Gasteiger partial charge < -0.3 is 5.73 Å². The van der Waals surface area contributed by atoms with E-state index in [2.05, 4.69) is 31.9 Å². The van der Waals surface area contributed by atoms with E-state index in [-0.39, 0.29) is 0 Å². The molecule has 0 spiro atoms. The zero-order chi connectivity index (χ0) is 9.84. The first-order valence-electron chi connectivity index (χ1n) is 3.52. The maximum absolute atomic E-state index is 10.5. The average Bonchev–Trinajstić information content (AvgIpc) is 2.06. The second-order valence-electron chi connectivity index (χ2n) is 2.40. The molecule has 0 saturated heterocycles. The number of amides is 1. The van der Waals surface area contributed by atoms with Gasteiger partial charge in [-0.1, -0.05) is 31.9 Å². The molecule has 0 atom stereocenters. The smallest absolute Gasteiger partial charge is 0.241 e. The molecule has 0 aromatic heterocycles. The van der Waals surface area contributed by atoms with Crippen LogP contribution in [0.3, 0.4) is 0 Å². The Balaban J connectivity index is 3.00. The van der Waals surface area contributed by atoms with Gasteiger partial charge in [-0.3, -0.25) is 4.79 Å². The van der Waals surface area contributed by atoms with Crippen molar-refractivity contribution in [3.8, 4) is 0 Å². The number of carbonyl (C=O) groups excluding carboxylic acids is 1. The third-order valence-corrected chi connectivity index (χ3v) is 2.60. The lowest BCUT2D eigenvalue weighted by Gasteiger charge is -1.98. The summed E-state index contributed by atoms with van der Waals surface area (Å²) in [5, 5.41) is 0. The molecule has 2 N–H and O–H groups in total. The van der Waals surface area contributed by atoms with E-state index in [1.807, 2.05) is 18.2 Å². The van der Waals surface area contributed by atoms with E-state index >= 15 is 0 Å². The molecule has 13 heavy (non-hydrogen) atoms. The highest BCUT2D eigenvalue weighted by atomic mass is 79.9. The quantitative estimate of drug-likeness (QED) is 0.839. The number of nitrogens with two attached hydrogens (primary N) is 1. The van der Waals surface area contributed by atoms with Crippen LogP contribution >= 0.6 is 31.9 Å². The number of hydrogen-bond acceptors (Lipinski definition) is 1. The Hall–Kier alpha value is -0.610. The summed E-state index contributed by atoms with van der Waals surface area (Å²) in [6.45, 7) is 0. The lowest BCUT2D eigenvalue weighted by Crippen LogP contribution is -2.05. The molecule has 0 aliphatic rings. The van der Waals surface area contributed by atoms with Gasteiger partial charge in [0.1, 0.15) is 0 Å². The maximum atomic E-state index is 10.5. The topological polar surface area (TPSA) is 43.1 Å². The third kappa shape index (κ3) is 3.32. The van der Waals surface area contributed by atoms with Crippen molar-refractivity contribution in [2.75, 3.05) is 0 Å². The molecule has 1 rings (SSSR count). The van der Waals surface area contributed by atoms with Crippen LogP contribution < -0.4 is 5.73 Å². The first-order chi connectivity index (χ1) is 6.09. The van der Waals surface area contributed by atoms with Crippen LogP contribution in [-0.4, -0.2) is 5.91 Å². The molecule has 0 aliphatic carbocycles. The molecule has 68 valence electrons. The number of carbonyl (C=O) groups is 1. The van der Waals surface area contributed by atoms with Crippen LogP contribution in [0.4, 0.5) is 0 Å². The fourth-order valence-corrected chi connectivity index (χ4v) is 1.57. The molecular weight excluding hydrogens is 298 g/mol. The van der Waals surface area contributed by atoms with Crippen molar-refractivity contribution in [2.45, 2.75) is 0 Å². The molecule has 0 saturated carbocycles. The predicted molar refractivity (Wildman–Crippen MR) is 60.1 cm³/mol. The van der Waals surface area contributed by atoms with Crippen molar-refractivity contribution >= 4 is 43.8 Å². The van der Waals surface area contributed by atoms with Crippen molar-refractivity contribution in [1.82, 2.24) is 0 Å². The number of halogens is 2. The molecule has 0 aliphatic heterocycles. The summed E-state index contributed by atoms with van der Waals surface area (Å²) in [4.78, 5) is 10.5. The van der Waals surface area contributed by atoms with Gasteiger partial charge >= 0.3 is 0 Å². The van der Waals surface area contributed by atoms with Crippen molar-refractivity contribution in [3.05, 3.63) is 38.8 Å². The van der Waals surface area contributed by atoms with Crippen LogP contribution in [0.2, 0.25) is 0 Å². The lowest BCUT2D eigenvalue weighted by atomic mass is 10.2. The summed E-state index contributed by atoms with van der Waals surface area (Å²) < 4.78 is 1.88. The fraction of sp³-hybridized carbons (Fsp3) is 0. The average molecular weight is 305 g/mol. The minimum absolute atomic E-state index is 0.452. The van der Waals surface area contributed by atoms with Crippen LogP contribution in [0.1, 0.15) is 5.56 Å². The van der Waals surface area contributed by atoms with E-state index in [1.165, 1.54) is 6.08 Å². The summed E-state index contributed by atoms with van der Waals surface area (Å²) in [5.41, 5.74) is 5.89. The van der Waals surface area contributed by atoms with Gasteiger partial charge in [-0.05, 0) is 29.8 Å². The summed E-state index contributed by atoms with van der Waals surface area (Å²) in [6.07, 6.45) is 2.99. The summed E-state index contributed by atoms with van der Waals surface area (Å²) in [6, 6.07) is 5.69. The van der Waals surface area contributed by atoms with Gasteiger partial charge in [0, 0.05) is 15.0 Å². The van der Waals surface area contributed by atoms with Gasteiger partial charge in [0.2, 0.25) is 5.91 Å². The minimum Gasteiger partial charge on any atom is -0.366 e. The van der Waals surface area contributed by atoms with Crippen molar-refractivity contribution in [3.63, 3.8) is 0 Å². The number of rotatable bonds is 2. The van der Waals surface area contributed by atoms with Gasteiger partial charge in [0.15, 0.2) is 0 Å². The van der Waals surface area contributed by atoms with Crippen molar-refractivity contribution < 1.29 is 4.79 Å². The van der Waals surface area contributed by atoms with Crippen LogP contribution in [0, 0.1) is 0 Å². The number of benzene rings is 1. The largest absolute Gasteiger partial charge is 0.366 e. The predicted octanol–water partition coefficient (Wildman–Crippen LogP) is 2.71. The van der Waals surface area contributed by atoms with E-state index in [0.29, 0.717) is 0 Å². The molecule has 0 fully saturated rings. The molecule has 4 heteroatoms. The Bertz CT molecular complexity index is 361. The Morgan fingerprint density at radius 1 is 1.38 bits per heavy atom. The highest BCUT2D eigenvalue weighted by Gasteiger charge is 1.96. The zero-order valence-corrected chi connectivity index (χ0v) is 9.80. The number of primary amides is 1. The van der Waals surface area contributed by atoms with Gasteiger partial charge in [-0.15, -0.1) is 0 Å². The zero-order valence-electron chi connectivity index (χ0n) is 6.63. The molecular formula is C9H7Br2NO. The molecule has 0 heterocycles. The Morgan fingerprint density at radius 3 is 2.69 bits per heavy atom. The fourth-order valence-electron chi connectivity index (χ4n) is 0.814. The molecule has 0 unspecified atom stereocenters. The van der Waals surface area contributed by atoms with Crippen LogP contribution in [0.5, 0.6) is 0 Å². The molecule has 1 aromatic rings. The summed E-state index contributed by atoms with van der Waals surface area (Å²) in [7, 11) is 0. The minimum atomic E-state index is -0.452. The first-order valence-corrected chi connectivity index (χ1v) is 5.11. The lowest BCUT2D eigenvalue weighted by molar-refractivity contribution is -0.113. The highest BCUT2D eigenvalue weighted by molar-refractivity contribution is 9.11. The molecule has 0 radical (unpaired) electrons. The Labute approximate surface area is 93.1 Å². The second kappa shape index (κ2) is 4.58. The van der Waals surface area contributed by atoms with E-state index < -0.39 is 5.91 Å². The van der Waals surface area contributed by atoms with E-state index in [0.717, 1.165) is 14.5 Å². The molecule has 1 aromatic carbocycles. The molecule has 0 bridgehead atoms. The van der Waals surface area contributed by atoms with Crippen molar-refractivity contribution in [1.29, 1.82) is 0 Å². The third-order valence-electron chi connectivity index (χ3n) is 1.39. The second-order valence-corrected chi connectivity index (χ2v) is 4.17. The molecule has 2 nitrogen and oxygen atoms in total.